The molecule has 0 bridgehead atoms. The van der Waals surface area contributed by atoms with Crippen molar-refractivity contribution in [2.45, 2.75) is 19.9 Å². The predicted molar refractivity (Wildman–Crippen MR) is 85.3 cm³/mol. The Morgan fingerprint density at radius 2 is 2.18 bits per heavy atom. The Morgan fingerprint density at radius 1 is 1.45 bits per heavy atom. The summed E-state index contributed by atoms with van der Waals surface area (Å²) in [6.07, 6.45) is 2.37. The number of carboxylic acids is 1. The van der Waals surface area contributed by atoms with E-state index in [0.717, 1.165) is 22.3 Å². The number of likely N-dealkylation sites (tertiary alicyclic amines) is 1. The molecule has 5 nitrogen and oxygen atoms in total. The topological polar surface area (TPSA) is 66.6 Å². The van der Waals surface area contributed by atoms with Crippen LogP contribution in [0.4, 0.5) is 0 Å². The van der Waals surface area contributed by atoms with E-state index in [1.54, 1.807) is 13.1 Å². The lowest BCUT2D eigenvalue weighted by Gasteiger charge is -2.18. The first kappa shape index (κ1) is 15.2. The number of aromatic nitrogens is 1. The molecule has 2 aromatic rings. The second kappa shape index (κ2) is 5.85. The molecule has 1 N–H and O–H groups in total. The highest BCUT2D eigenvalue weighted by Gasteiger charge is 2.40. The van der Waals surface area contributed by atoms with E-state index in [1.165, 1.54) is 0 Å². The maximum absolute atomic E-state index is 11.3. The number of carboxylic acid groups (broad SMARTS) is 1. The quantitative estimate of drug-likeness (QED) is 0.900. The van der Waals surface area contributed by atoms with Crippen molar-refractivity contribution >= 4 is 21.9 Å². The smallest absolute Gasteiger partial charge is 0.310 e. The number of carbonyl (C=O) groups is 1. The summed E-state index contributed by atoms with van der Waals surface area (Å²) < 4.78 is 6.80. The van der Waals surface area contributed by atoms with E-state index in [4.69, 9.17) is 4.42 Å². The fourth-order valence-electron chi connectivity index (χ4n) is 2.69. The van der Waals surface area contributed by atoms with Crippen LogP contribution in [0.5, 0.6) is 0 Å². The van der Waals surface area contributed by atoms with Crippen LogP contribution in [-0.2, 0) is 11.3 Å². The molecular formula is C16H17BrN2O3. The SMILES string of the molecule is CC1(C(=O)O)CCN(Cc2ncc(-c3ccc(Br)cc3)o2)C1. The van der Waals surface area contributed by atoms with Gasteiger partial charge in [0.25, 0.3) is 0 Å². The number of hydrogen-bond donors (Lipinski definition) is 1. The van der Waals surface area contributed by atoms with E-state index in [-0.39, 0.29) is 0 Å². The summed E-state index contributed by atoms with van der Waals surface area (Å²) in [5.74, 6) is 0.605. The van der Waals surface area contributed by atoms with Crippen LogP contribution in [0.3, 0.4) is 0 Å². The zero-order chi connectivity index (χ0) is 15.7. The van der Waals surface area contributed by atoms with Crippen molar-refractivity contribution in [3.63, 3.8) is 0 Å². The maximum Gasteiger partial charge on any atom is 0.310 e. The van der Waals surface area contributed by atoms with Crippen molar-refractivity contribution in [3.05, 3.63) is 40.8 Å². The Morgan fingerprint density at radius 3 is 2.82 bits per heavy atom. The largest absolute Gasteiger partial charge is 0.481 e. The van der Waals surface area contributed by atoms with Crippen molar-refractivity contribution < 1.29 is 14.3 Å². The molecule has 3 rings (SSSR count). The highest BCUT2D eigenvalue weighted by Crippen LogP contribution is 2.31. The first-order chi connectivity index (χ1) is 10.5. The van der Waals surface area contributed by atoms with Crippen LogP contribution in [-0.4, -0.2) is 34.0 Å². The Labute approximate surface area is 137 Å². The second-order valence-corrected chi connectivity index (χ2v) is 6.87. The molecule has 0 radical (unpaired) electrons. The molecule has 1 saturated heterocycles. The Kier molecular flexibility index (Phi) is 4.06. The van der Waals surface area contributed by atoms with Crippen LogP contribution in [0.25, 0.3) is 11.3 Å². The van der Waals surface area contributed by atoms with Gasteiger partial charge in [0.05, 0.1) is 18.2 Å². The highest BCUT2D eigenvalue weighted by molar-refractivity contribution is 9.10. The van der Waals surface area contributed by atoms with Crippen LogP contribution in [0, 0.1) is 5.41 Å². The van der Waals surface area contributed by atoms with Gasteiger partial charge in [0.2, 0.25) is 5.89 Å². The monoisotopic (exact) mass is 364 g/mol. The summed E-state index contributed by atoms with van der Waals surface area (Å²) in [6.45, 7) is 3.61. The molecule has 1 fully saturated rings. The molecule has 116 valence electrons. The van der Waals surface area contributed by atoms with Crippen LogP contribution in [0.1, 0.15) is 19.2 Å². The molecule has 2 heterocycles. The standard InChI is InChI=1S/C16H17BrN2O3/c1-16(15(20)21)6-7-19(10-16)9-14-18-8-13(22-14)11-2-4-12(17)5-3-11/h2-5,8H,6-7,9-10H2,1H3,(H,20,21). The minimum atomic E-state index is -0.738. The van der Waals surface area contributed by atoms with Gasteiger partial charge in [-0.2, -0.15) is 0 Å². The number of benzene rings is 1. The van der Waals surface area contributed by atoms with Gasteiger partial charge in [-0.05, 0) is 32.0 Å². The lowest BCUT2D eigenvalue weighted by molar-refractivity contribution is -0.147. The molecule has 0 aliphatic carbocycles. The van der Waals surface area contributed by atoms with E-state index in [2.05, 4.69) is 25.8 Å². The average Bonchev–Trinajstić information content (AvgIpc) is 3.08. The average molecular weight is 365 g/mol. The number of rotatable bonds is 4. The first-order valence-corrected chi connectivity index (χ1v) is 7.92. The van der Waals surface area contributed by atoms with Crippen molar-refractivity contribution in [2.75, 3.05) is 13.1 Å². The molecule has 1 unspecified atom stereocenters. The van der Waals surface area contributed by atoms with Crippen LogP contribution in [0.2, 0.25) is 0 Å². The number of hydrogen-bond acceptors (Lipinski definition) is 4. The fraction of sp³-hybridized carbons (Fsp3) is 0.375. The summed E-state index contributed by atoms with van der Waals surface area (Å²) >= 11 is 3.40. The predicted octanol–water partition coefficient (Wildman–Crippen LogP) is 3.40. The lowest BCUT2D eigenvalue weighted by atomic mass is 9.90. The molecule has 1 aliphatic rings. The summed E-state index contributed by atoms with van der Waals surface area (Å²) in [4.78, 5) is 17.6. The van der Waals surface area contributed by atoms with Gasteiger partial charge in [-0.3, -0.25) is 9.69 Å². The number of halogens is 1. The van der Waals surface area contributed by atoms with Crippen LogP contribution >= 0.6 is 15.9 Å². The molecule has 1 aromatic carbocycles. The molecule has 1 aromatic heterocycles. The van der Waals surface area contributed by atoms with Crippen LogP contribution in [0.15, 0.2) is 39.4 Å². The second-order valence-electron chi connectivity index (χ2n) is 5.95. The molecule has 1 aliphatic heterocycles. The highest BCUT2D eigenvalue weighted by atomic mass is 79.9. The van der Waals surface area contributed by atoms with Gasteiger partial charge >= 0.3 is 5.97 Å². The van der Waals surface area contributed by atoms with Gasteiger partial charge in [0.15, 0.2) is 5.76 Å². The van der Waals surface area contributed by atoms with E-state index in [0.29, 0.717) is 25.4 Å². The molecule has 1 atom stereocenters. The minimum Gasteiger partial charge on any atom is -0.481 e. The van der Waals surface area contributed by atoms with E-state index in [1.807, 2.05) is 24.3 Å². The number of aliphatic carboxylic acids is 1. The normalized spacial score (nSPS) is 22.1. The molecular weight excluding hydrogens is 348 g/mol. The molecule has 22 heavy (non-hydrogen) atoms. The zero-order valence-corrected chi connectivity index (χ0v) is 13.8. The van der Waals surface area contributed by atoms with Gasteiger partial charge in [-0.15, -0.1) is 0 Å². The molecule has 0 saturated carbocycles. The number of nitrogens with zero attached hydrogens (tertiary/aromatic N) is 2. The van der Waals surface area contributed by atoms with Crippen molar-refractivity contribution in [2.24, 2.45) is 5.41 Å². The molecule has 0 spiro atoms. The van der Waals surface area contributed by atoms with E-state index >= 15 is 0 Å². The number of oxazole rings is 1. The minimum absolute atomic E-state index is 0.526. The Hall–Kier alpha value is -1.66. The zero-order valence-electron chi connectivity index (χ0n) is 12.3. The van der Waals surface area contributed by atoms with E-state index in [9.17, 15) is 9.90 Å². The van der Waals surface area contributed by atoms with Crippen molar-refractivity contribution in [3.8, 4) is 11.3 Å². The lowest BCUT2D eigenvalue weighted by Crippen LogP contribution is -2.31. The van der Waals surface area contributed by atoms with Crippen LogP contribution < -0.4 is 0 Å². The van der Waals surface area contributed by atoms with Gasteiger partial charge in [0, 0.05) is 16.6 Å². The van der Waals surface area contributed by atoms with E-state index < -0.39 is 11.4 Å². The van der Waals surface area contributed by atoms with Crippen molar-refractivity contribution in [1.82, 2.24) is 9.88 Å². The molecule has 0 amide bonds. The third-order valence-electron chi connectivity index (χ3n) is 4.11. The Balaban J connectivity index is 1.68. The fourth-order valence-corrected chi connectivity index (χ4v) is 2.95. The third-order valence-corrected chi connectivity index (χ3v) is 4.64. The first-order valence-electron chi connectivity index (χ1n) is 7.13. The Bertz CT molecular complexity index is 683. The summed E-state index contributed by atoms with van der Waals surface area (Å²) in [5.41, 5.74) is 0.306. The van der Waals surface area contributed by atoms with Gasteiger partial charge in [-0.1, -0.05) is 28.1 Å². The van der Waals surface area contributed by atoms with Gasteiger partial charge in [0.1, 0.15) is 0 Å². The third kappa shape index (κ3) is 3.08. The maximum atomic E-state index is 11.3. The summed E-state index contributed by atoms with van der Waals surface area (Å²) in [6, 6.07) is 7.84. The summed E-state index contributed by atoms with van der Waals surface area (Å²) in [5, 5.41) is 9.26. The van der Waals surface area contributed by atoms with Gasteiger partial charge < -0.3 is 9.52 Å². The molecule has 6 heteroatoms. The van der Waals surface area contributed by atoms with Gasteiger partial charge in [-0.25, -0.2) is 4.98 Å². The summed E-state index contributed by atoms with van der Waals surface area (Å²) in [7, 11) is 0. The van der Waals surface area contributed by atoms with Crippen molar-refractivity contribution in [1.29, 1.82) is 0 Å².